The summed E-state index contributed by atoms with van der Waals surface area (Å²) >= 11 is 0. The van der Waals surface area contributed by atoms with Gasteiger partial charge in [0.25, 0.3) is 5.91 Å². The molecule has 136 valence electrons. The molecule has 1 aliphatic heterocycles. The molecule has 1 aliphatic rings. The summed E-state index contributed by atoms with van der Waals surface area (Å²) < 4.78 is 19.1. The number of hydrogen-bond donors (Lipinski definition) is 1. The second kappa shape index (κ2) is 5.94. The van der Waals surface area contributed by atoms with Gasteiger partial charge < -0.3 is 14.3 Å². The SMILES string of the molecule is Cc1cc2cc(C(=O)N3CCC[C@H]3c3nc4ccc(F)cc4[nH]3)ccc2o1. The maximum Gasteiger partial charge on any atom is 0.254 e. The molecule has 1 saturated heterocycles. The van der Waals surface area contributed by atoms with E-state index in [4.69, 9.17) is 4.42 Å². The summed E-state index contributed by atoms with van der Waals surface area (Å²) in [6.07, 6.45) is 1.75. The molecule has 6 heteroatoms. The maximum absolute atomic E-state index is 13.5. The molecule has 5 rings (SSSR count). The van der Waals surface area contributed by atoms with Crippen LogP contribution in [0.15, 0.2) is 46.9 Å². The Morgan fingerprint density at radius 3 is 3.04 bits per heavy atom. The Kier molecular flexibility index (Phi) is 3.53. The molecular formula is C21H18FN3O2. The summed E-state index contributed by atoms with van der Waals surface area (Å²) in [5, 5.41) is 0.924. The highest BCUT2D eigenvalue weighted by Crippen LogP contribution is 2.33. The third kappa shape index (κ3) is 2.68. The zero-order valence-electron chi connectivity index (χ0n) is 14.8. The lowest BCUT2D eigenvalue weighted by Gasteiger charge is -2.23. The van der Waals surface area contributed by atoms with Crippen molar-refractivity contribution in [1.29, 1.82) is 0 Å². The zero-order valence-corrected chi connectivity index (χ0v) is 14.8. The number of imidazole rings is 1. The minimum atomic E-state index is -0.305. The van der Waals surface area contributed by atoms with Gasteiger partial charge in [-0.25, -0.2) is 9.37 Å². The number of fused-ring (bicyclic) bond motifs is 2. The molecule has 1 fully saturated rings. The number of carbonyl (C=O) groups is 1. The summed E-state index contributed by atoms with van der Waals surface area (Å²) in [7, 11) is 0. The number of nitrogens with one attached hydrogen (secondary N) is 1. The minimum Gasteiger partial charge on any atom is -0.461 e. The Hall–Kier alpha value is -3.15. The summed E-state index contributed by atoms with van der Waals surface area (Å²) in [6, 6.07) is 11.8. The lowest BCUT2D eigenvalue weighted by Crippen LogP contribution is -2.31. The lowest BCUT2D eigenvalue weighted by molar-refractivity contribution is 0.0730. The van der Waals surface area contributed by atoms with E-state index in [1.54, 1.807) is 12.1 Å². The van der Waals surface area contributed by atoms with E-state index in [9.17, 15) is 9.18 Å². The van der Waals surface area contributed by atoms with Crippen molar-refractivity contribution in [2.24, 2.45) is 0 Å². The third-order valence-electron chi connectivity index (χ3n) is 5.18. The molecular weight excluding hydrogens is 345 g/mol. The van der Waals surface area contributed by atoms with Crippen molar-refractivity contribution in [2.75, 3.05) is 6.54 Å². The number of benzene rings is 2. The Balaban J connectivity index is 1.49. The highest BCUT2D eigenvalue weighted by Gasteiger charge is 2.32. The van der Waals surface area contributed by atoms with Gasteiger partial charge in [-0.2, -0.15) is 0 Å². The molecule has 0 radical (unpaired) electrons. The van der Waals surface area contributed by atoms with Crippen LogP contribution in [0.5, 0.6) is 0 Å². The first-order chi connectivity index (χ1) is 13.1. The predicted octanol–water partition coefficient (Wildman–Crippen LogP) is 4.73. The Bertz CT molecular complexity index is 1180. The summed E-state index contributed by atoms with van der Waals surface area (Å²) in [4.78, 5) is 22.8. The van der Waals surface area contributed by atoms with Crippen molar-refractivity contribution in [2.45, 2.75) is 25.8 Å². The zero-order chi connectivity index (χ0) is 18.5. The van der Waals surface area contributed by atoms with Crippen LogP contribution in [-0.4, -0.2) is 27.3 Å². The van der Waals surface area contributed by atoms with Crippen LogP contribution < -0.4 is 0 Å². The van der Waals surface area contributed by atoms with Crippen LogP contribution in [-0.2, 0) is 0 Å². The van der Waals surface area contributed by atoms with Crippen LogP contribution in [0.3, 0.4) is 0 Å². The van der Waals surface area contributed by atoms with Crippen LogP contribution in [0.2, 0.25) is 0 Å². The number of rotatable bonds is 2. The first-order valence-electron chi connectivity index (χ1n) is 9.05. The fraction of sp³-hybridized carbons (Fsp3) is 0.238. The molecule has 0 spiro atoms. The second-order valence-electron chi connectivity index (χ2n) is 7.05. The number of nitrogens with zero attached hydrogens (tertiary/aromatic N) is 2. The van der Waals surface area contributed by atoms with Crippen LogP contribution in [0, 0.1) is 12.7 Å². The van der Waals surface area contributed by atoms with Crippen molar-refractivity contribution < 1.29 is 13.6 Å². The van der Waals surface area contributed by atoms with Crippen molar-refractivity contribution in [3.63, 3.8) is 0 Å². The van der Waals surface area contributed by atoms with Crippen LogP contribution >= 0.6 is 0 Å². The first-order valence-corrected chi connectivity index (χ1v) is 9.05. The topological polar surface area (TPSA) is 62.1 Å². The van der Waals surface area contributed by atoms with Crippen LogP contribution in [0.1, 0.15) is 40.8 Å². The number of furan rings is 1. The second-order valence-corrected chi connectivity index (χ2v) is 7.05. The molecule has 0 aliphatic carbocycles. The number of aromatic nitrogens is 2. The van der Waals surface area contributed by atoms with Crippen molar-refractivity contribution in [3.05, 3.63) is 65.4 Å². The fourth-order valence-electron chi connectivity index (χ4n) is 3.93. The highest BCUT2D eigenvalue weighted by atomic mass is 19.1. The summed E-state index contributed by atoms with van der Waals surface area (Å²) in [6.45, 7) is 2.57. The number of aromatic amines is 1. The van der Waals surface area contributed by atoms with Gasteiger partial charge >= 0.3 is 0 Å². The van der Waals surface area contributed by atoms with E-state index in [0.717, 1.165) is 29.6 Å². The molecule has 3 heterocycles. The van der Waals surface area contributed by atoms with E-state index in [2.05, 4.69) is 9.97 Å². The van der Waals surface area contributed by atoms with Gasteiger partial charge in [0.2, 0.25) is 0 Å². The van der Waals surface area contributed by atoms with Gasteiger partial charge in [0.05, 0.1) is 17.1 Å². The average molecular weight is 363 g/mol. The Morgan fingerprint density at radius 1 is 1.26 bits per heavy atom. The smallest absolute Gasteiger partial charge is 0.254 e. The van der Waals surface area contributed by atoms with Gasteiger partial charge in [-0.15, -0.1) is 0 Å². The molecule has 0 saturated carbocycles. The molecule has 1 atom stereocenters. The maximum atomic E-state index is 13.5. The number of carbonyl (C=O) groups excluding carboxylic acids is 1. The van der Waals surface area contributed by atoms with E-state index in [1.165, 1.54) is 12.1 Å². The first kappa shape index (κ1) is 16.1. The summed E-state index contributed by atoms with van der Waals surface area (Å²) in [5.41, 5.74) is 2.78. The van der Waals surface area contributed by atoms with Crippen molar-refractivity contribution in [1.82, 2.24) is 14.9 Å². The van der Waals surface area contributed by atoms with Gasteiger partial charge in [0.15, 0.2) is 0 Å². The molecule has 1 N–H and O–H groups in total. The summed E-state index contributed by atoms with van der Waals surface area (Å²) in [5.74, 6) is 1.20. The number of H-pyrrole nitrogens is 1. The average Bonchev–Trinajstić information content (AvgIpc) is 3.36. The molecule has 0 unspecified atom stereocenters. The van der Waals surface area contributed by atoms with Gasteiger partial charge in [-0.1, -0.05) is 0 Å². The highest BCUT2D eigenvalue weighted by molar-refractivity contribution is 5.98. The molecule has 0 bridgehead atoms. The molecule has 4 aromatic rings. The normalized spacial score (nSPS) is 17.3. The van der Waals surface area contributed by atoms with E-state index in [0.29, 0.717) is 29.0 Å². The van der Waals surface area contributed by atoms with Gasteiger partial charge in [-0.3, -0.25) is 4.79 Å². The van der Waals surface area contributed by atoms with E-state index in [-0.39, 0.29) is 17.8 Å². The quantitative estimate of drug-likeness (QED) is 0.560. The van der Waals surface area contributed by atoms with Crippen LogP contribution in [0.4, 0.5) is 4.39 Å². The number of halogens is 1. The van der Waals surface area contributed by atoms with E-state index >= 15 is 0 Å². The number of hydrogen-bond acceptors (Lipinski definition) is 3. The Labute approximate surface area is 154 Å². The number of aryl methyl sites for hydroxylation is 1. The molecule has 27 heavy (non-hydrogen) atoms. The molecule has 2 aromatic heterocycles. The molecule has 5 nitrogen and oxygen atoms in total. The lowest BCUT2D eigenvalue weighted by atomic mass is 10.1. The standard InChI is InChI=1S/C21H18FN3O2/c1-12-9-14-10-13(4-7-19(14)27-12)21(26)25-8-2-3-18(25)20-23-16-6-5-15(22)11-17(16)24-20/h4-7,9-11,18H,2-3,8H2,1H3,(H,23,24)/t18-/m0/s1. The Morgan fingerprint density at radius 2 is 2.15 bits per heavy atom. The van der Waals surface area contributed by atoms with E-state index in [1.807, 2.05) is 30.0 Å². The molecule has 1 amide bonds. The fourth-order valence-corrected chi connectivity index (χ4v) is 3.93. The van der Waals surface area contributed by atoms with Gasteiger partial charge in [0, 0.05) is 17.5 Å². The van der Waals surface area contributed by atoms with Crippen molar-refractivity contribution in [3.8, 4) is 0 Å². The third-order valence-corrected chi connectivity index (χ3v) is 5.18. The minimum absolute atomic E-state index is 0.0233. The van der Waals surface area contributed by atoms with E-state index < -0.39 is 0 Å². The van der Waals surface area contributed by atoms with Gasteiger partial charge in [-0.05, 0) is 62.2 Å². The van der Waals surface area contributed by atoms with Gasteiger partial charge in [0.1, 0.15) is 23.0 Å². The largest absolute Gasteiger partial charge is 0.461 e. The molecule has 2 aromatic carbocycles. The van der Waals surface area contributed by atoms with Crippen molar-refractivity contribution >= 4 is 27.9 Å². The van der Waals surface area contributed by atoms with Crippen LogP contribution in [0.25, 0.3) is 22.0 Å². The predicted molar refractivity (Wildman–Crippen MR) is 100 cm³/mol. The number of likely N-dealkylation sites (tertiary alicyclic amines) is 1. The monoisotopic (exact) mass is 363 g/mol. The number of amides is 1.